The van der Waals surface area contributed by atoms with E-state index >= 15 is 0 Å². The standard InChI is InChI=1S/C24H29N5O2S/c1-16(2)19-15-32-22(25-19)8-7-17-9-11-29-21(12-17)26-20(13-23(29)30)28-10-5-6-18(14-28)24(31)27(3)4/h7-9,11-13,15-16,18H,5-6,10,14H2,1-4H3/b8-7+. The lowest BCUT2D eigenvalue weighted by molar-refractivity contribution is -0.133. The molecular weight excluding hydrogens is 422 g/mol. The van der Waals surface area contributed by atoms with E-state index in [0.717, 1.165) is 35.7 Å². The monoisotopic (exact) mass is 451 g/mol. The highest BCUT2D eigenvalue weighted by atomic mass is 32.1. The molecule has 168 valence electrons. The van der Waals surface area contributed by atoms with Gasteiger partial charge in [-0.25, -0.2) is 9.97 Å². The molecule has 8 heteroatoms. The van der Waals surface area contributed by atoms with E-state index in [1.807, 2.05) is 24.3 Å². The van der Waals surface area contributed by atoms with Crippen LogP contribution in [0.5, 0.6) is 0 Å². The van der Waals surface area contributed by atoms with Gasteiger partial charge in [-0.05, 0) is 42.5 Å². The number of amides is 1. The van der Waals surface area contributed by atoms with E-state index in [-0.39, 0.29) is 17.4 Å². The highest BCUT2D eigenvalue weighted by molar-refractivity contribution is 7.10. The molecule has 1 saturated heterocycles. The first kappa shape index (κ1) is 22.2. The molecule has 4 rings (SSSR count). The van der Waals surface area contributed by atoms with Crippen LogP contribution in [0.4, 0.5) is 5.82 Å². The Balaban J connectivity index is 1.60. The minimum atomic E-state index is -0.122. The fourth-order valence-corrected chi connectivity index (χ4v) is 4.80. The molecule has 3 aromatic rings. The summed E-state index contributed by atoms with van der Waals surface area (Å²) in [4.78, 5) is 38.2. The molecule has 0 saturated carbocycles. The quantitative estimate of drug-likeness (QED) is 0.591. The molecule has 0 aromatic carbocycles. The Morgan fingerprint density at radius 3 is 2.78 bits per heavy atom. The average Bonchev–Trinajstić information content (AvgIpc) is 3.26. The van der Waals surface area contributed by atoms with Crippen molar-refractivity contribution in [2.24, 2.45) is 5.92 Å². The summed E-state index contributed by atoms with van der Waals surface area (Å²) in [5, 5.41) is 3.04. The summed E-state index contributed by atoms with van der Waals surface area (Å²) >= 11 is 1.62. The number of hydrogen-bond acceptors (Lipinski definition) is 6. The first-order valence-corrected chi connectivity index (χ1v) is 11.8. The van der Waals surface area contributed by atoms with Gasteiger partial charge in [0.25, 0.3) is 5.56 Å². The third kappa shape index (κ3) is 4.75. The van der Waals surface area contributed by atoms with Gasteiger partial charge in [-0.2, -0.15) is 0 Å². The van der Waals surface area contributed by atoms with Crippen LogP contribution in [-0.4, -0.2) is 52.4 Å². The molecule has 3 aromatic heterocycles. The molecule has 1 unspecified atom stereocenters. The predicted molar refractivity (Wildman–Crippen MR) is 130 cm³/mol. The van der Waals surface area contributed by atoms with Gasteiger partial charge in [0.1, 0.15) is 16.5 Å². The van der Waals surface area contributed by atoms with Crippen molar-refractivity contribution in [3.63, 3.8) is 0 Å². The molecule has 1 amide bonds. The number of anilines is 1. The third-order valence-electron chi connectivity index (χ3n) is 5.76. The first-order valence-electron chi connectivity index (χ1n) is 10.9. The van der Waals surface area contributed by atoms with Crippen molar-refractivity contribution in [2.45, 2.75) is 32.6 Å². The zero-order valence-corrected chi connectivity index (χ0v) is 19.8. The van der Waals surface area contributed by atoms with Crippen molar-refractivity contribution in [3.05, 3.63) is 56.4 Å². The summed E-state index contributed by atoms with van der Waals surface area (Å²) in [6, 6.07) is 5.37. The molecule has 0 radical (unpaired) electrons. The second-order valence-corrected chi connectivity index (χ2v) is 9.65. The second-order valence-electron chi connectivity index (χ2n) is 8.76. The second kappa shape index (κ2) is 9.24. The van der Waals surface area contributed by atoms with Crippen LogP contribution in [0.25, 0.3) is 17.8 Å². The molecular formula is C24H29N5O2S. The number of thiazole rings is 1. The third-order valence-corrected chi connectivity index (χ3v) is 6.59. The predicted octanol–water partition coefficient (Wildman–Crippen LogP) is 3.75. The maximum Gasteiger partial charge on any atom is 0.259 e. The van der Waals surface area contributed by atoms with Gasteiger partial charge in [0.15, 0.2) is 0 Å². The molecule has 7 nitrogen and oxygen atoms in total. The van der Waals surface area contributed by atoms with Crippen LogP contribution in [0.3, 0.4) is 0 Å². The van der Waals surface area contributed by atoms with Gasteiger partial charge >= 0.3 is 0 Å². The molecule has 0 bridgehead atoms. The van der Waals surface area contributed by atoms with Crippen LogP contribution in [0.1, 0.15) is 48.9 Å². The van der Waals surface area contributed by atoms with Crippen molar-refractivity contribution >= 4 is 40.9 Å². The first-order chi connectivity index (χ1) is 15.3. The molecule has 1 aliphatic heterocycles. The Hall–Kier alpha value is -3.00. The summed E-state index contributed by atoms with van der Waals surface area (Å²) in [6.45, 7) is 5.64. The molecule has 32 heavy (non-hydrogen) atoms. The minimum Gasteiger partial charge on any atom is -0.356 e. The van der Waals surface area contributed by atoms with Gasteiger partial charge in [-0.3, -0.25) is 14.0 Å². The van der Waals surface area contributed by atoms with E-state index < -0.39 is 0 Å². The number of fused-ring (bicyclic) bond motifs is 1. The topological polar surface area (TPSA) is 70.8 Å². The molecule has 0 spiro atoms. The van der Waals surface area contributed by atoms with Crippen molar-refractivity contribution in [1.29, 1.82) is 0 Å². The SMILES string of the molecule is CC(C)c1csc(/C=C/c2ccn3c(=O)cc(N4CCCC(C(=O)N(C)C)C4)nc3c2)n1. The maximum absolute atomic E-state index is 12.7. The number of carbonyl (C=O) groups is 1. The lowest BCUT2D eigenvalue weighted by Gasteiger charge is -2.33. The number of aromatic nitrogens is 3. The van der Waals surface area contributed by atoms with Gasteiger partial charge < -0.3 is 9.80 Å². The highest BCUT2D eigenvalue weighted by Crippen LogP contribution is 2.23. The van der Waals surface area contributed by atoms with Crippen molar-refractivity contribution in [3.8, 4) is 0 Å². The normalized spacial score (nSPS) is 16.9. The van der Waals surface area contributed by atoms with Crippen LogP contribution in [0.15, 0.2) is 34.6 Å². The molecule has 4 heterocycles. The van der Waals surface area contributed by atoms with Crippen molar-refractivity contribution in [1.82, 2.24) is 19.3 Å². The molecule has 1 aliphatic rings. The van der Waals surface area contributed by atoms with Crippen LogP contribution in [0.2, 0.25) is 0 Å². The van der Waals surface area contributed by atoms with Gasteiger partial charge in [0, 0.05) is 44.8 Å². The molecule has 0 N–H and O–H groups in total. The number of rotatable bonds is 5. The lowest BCUT2D eigenvalue weighted by atomic mass is 9.97. The van der Waals surface area contributed by atoms with Crippen LogP contribution in [0, 0.1) is 5.92 Å². The van der Waals surface area contributed by atoms with E-state index in [1.54, 1.807) is 47.0 Å². The van der Waals surface area contributed by atoms with Gasteiger partial charge in [0.05, 0.1) is 11.6 Å². The zero-order chi connectivity index (χ0) is 22.8. The molecule has 0 aliphatic carbocycles. The Kier molecular flexibility index (Phi) is 6.41. The summed E-state index contributed by atoms with van der Waals surface area (Å²) in [6.07, 6.45) is 7.51. The number of hydrogen-bond donors (Lipinski definition) is 0. The van der Waals surface area contributed by atoms with Crippen LogP contribution < -0.4 is 10.5 Å². The molecule has 1 fully saturated rings. The Morgan fingerprint density at radius 1 is 1.25 bits per heavy atom. The maximum atomic E-state index is 12.7. The van der Waals surface area contributed by atoms with Crippen molar-refractivity contribution < 1.29 is 4.79 Å². The van der Waals surface area contributed by atoms with Crippen LogP contribution >= 0.6 is 11.3 Å². The molecule has 1 atom stereocenters. The summed E-state index contributed by atoms with van der Waals surface area (Å²) in [5.41, 5.74) is 2.52. The van der Waals surface area contributed by atoms with Crippen molar-refractivity contribution in [2.75, 3.05) is 32.1 Å². The van der Waals surface area contributed by atoms with E-state index in [9.17, 15) is 9.59 Å². The van der Waals surface area contributed by atoms with E-state index in [2.05, 4.69) is 29.1 Å². The summed E-state index contributed by atoms with van der Waals surface area (Å²) in [5.74, 6) is 1.10. The zero-order valence-electron chi connectivity index (χ0n) is 19.0. The number of nitrogens with zero attached hydrogens (tertiary/aromatic N) is 5. The highest BCUT2D eigenvalue weighted by Gasteiger charge is 2.27. The minimum absolute atomic E-state index is 0.0673. The summed E-state index contributed by atoms with van der Waals surface area (Å²) < 4.78 is 1.55. The smallest absolute Gasteiger partial charge is 0.259 e. The lowest BCUT2D eigenvalue weighted by Crippen LogP contribution is -2.43. The summed E-state index contributed by atoms with van der Waals surface area (Å²) in [7, 11) is 3.57. The largest absolute Gasteiger partial charge is 0.356 e. The van der Waals surface area contributed by atoms with E-state index in [1.165, 1.54) is 0 Å². The average molecular weight is 452 g/mol. The number of piperidine rings is 1. The van der Waals surface area contributed by atoms with Crippen LogP contribution in [-0.2, 0) is 4.79 Å². The Bertz CT molecular complexity index is 1210. The van der Waals surface area contributed by atoms with Gasteiger partial charge in [0.2, 0.25) is 5.91 Å². The Labute approximate surface area is 192 Å². The fraction of sp³-hybridized carbons (Fsp3) is 0.417. The number of carbonyl (C=O) groups excluding carboxylic acids is 1. The van der Waals surface area contributed by atoms with Gasteiger partial charge in [-0.1, -0.05) is 19.9 Å². The van der Waals surface area contributed by atoms with E-state index in [4.69, 9.17) is 4.98 Å². The number of pyridine rings is 1. The van der Waals surface area contributed by atoms with E-state index in [0.29, 0.717) is 23.9 Å². The fourth-order valence-electron chi connectivity index (χ4n) is 3.93. The Morgan fingerprint density at radius 2 is 2.06 bits per heavy atom. The van der Waals surface area contributed by atoms with Gasteiger partial charge in [-0.15, -0.1) is 11.3 Å².